The maximum atomic E-state index is 14.8. The summed E-state index contributed by atoms with van der Waals surface area (Å²) in [6.07, 6.45) is 1.27. The van der Waals surface area contributed by atoms with Crippen molar-refractivity contribution in [2.75, 3.05) is 13.2 Å². The zero-order valence-electron chi connectivity index (χ0n) is 16.0. The monoisotopic (exact) mass is 446 g/mol. The lowest BCUT2D eigenvalue weighted by Gasteiger charge is -2.35. The highest BCUT2D eigenvalue weighted by molar-refractivity contribution is 7.92. The van der Waals surface area contributed by atoms with Gasteiger partial charge in [0, 0.05) is 23.8 Å². The molecule has 29 heavy (non-hydrogen) atoms. The van der Waals surface area contributed by atoms with Crippen molar-refractivity contribution in [2.45, 2.75) is 48.2 Å². The van der Waals surface area contributed by atoms with Crippen LogP contribution in [0.1, 0.15) is 44.1 Å². The first-order valence-corrected chi connectivity index (χ1v) is 11.3. The molecule has 8 heteroatoms. The third-order valence-electron chi connectivity index (χ3n) is 5.04. The molecule has 0 atom stereocenters. The number of sulfone groups is 1. The molecule has 0 fully saturated rings. The second-order valence-electron chi connectivity index (χ2n) is 6.94. The van der Waals surface area contributed by atoms with E-state index >= 15 is 0 Å². The van der Waals surface area contributed by atoms with Crippen LogP contribution in [0.5, 0.6) is 0 Å². The van der Waals surface area contributed by atoms with Crippen molar-refractivity contribution >= 4 is 21.4 Å². The number of hydrogen-bond donors (Lipinski definition) is 2. The highest BCUT2D eigenvalue weighted by Crippen LogP contribution is 2.45. The maximum Gasteiger partial charge on any atom is 0.188 e. The molecule has 0 aromatic heterocycles. The van der Waals surface area contributed by atoms with Crippen molar-refractivity contribution in [1.82, 2.24) is 0 Å². The van der Waals surface area contributed by atoms with Gasteiger partial charge in [0.05, 0.1) is 4.90 Å². The van der Waals surface area contributed by atoms with Gasteiger partial charge in [-0.3, -0.25) is 0 Å². The minimum atomic E-state index is -4.16. The number of unbranched alkanes of at least 4 members (excludes halogenated alkanes) is 2. The van der Waals surface area contributed by atoms with Gasteiger partial charge in [-0.15, -0.1) is 0 Å². The van der Waals surface area contributed by atoms with Crippen molar-refractivity contribution in [3.8, 4) is 0 Å². The first kappa shape index (κ1) is 23.7. The molecule has 2 aromatic rings. The minimum Gasteiger partial charge on any atom is -0.396 e. The van der Waals surface area contributed by atoms with Crippen molar-refractivity contribution in [1.29, 1.82) is 0 Å². The van der Waals surface area contributed by atoms with E-state index in [-0.39, 0.29) is 36.5 Å². The van der Waals surface area contributed by atoms with E-state index in [0.717, 1.165) is 18.2 Å². The van der Waals surface area contributed by atoms with Gasteiger partial charge in [-0.25, -0.2) is 17.2 Å². The molecule has 160 valence electrons. The predicted molar refractivity (Wildman–Crippen MR) is 109 cm³/mol. The molecule has 2 aromatic carbocycles. The molecular formula is C21H25ClF2O4S. The third kappa shape index (κ3) is 5.34. The molecule has 0 heterocycles. The number of rotatable bonds is 11. The Bertz CT molecular complexity index is 891. The molecular weight excluding hydrogens is 422 g/mol. The second kappa shape index (κ2) is 10.5. The fourth-order valence-corrected chi connectivity index (χ4v) is 5.88. The second-order valence-corrected chi connectivity index (χ2v) is 9.63. The Morgan fingerprint density at radius 1 is 0.862 bits per heavy atom. The van der Waals surface area contributed by atoms with Crippen LogP contribution in [0.4, 0.5) is 8.78 Å². The van der Waals surface area contributed by atoms with E-state index in [2.05, 4.69) is 0 Å². The maximum absolute atomic E-state index is 14.8. The summed E-state index contributed by atoms with van der Waals surface area (Å²) < 4.78 is 54.7. The van der Waals surface area contributed by atoms with Crippen LogP contribution in [-0.2, 0) is 14.6 Å². The number of benzene rings is 2. The standard InChI is InChI=1S/C21H25ClF2O4S/c22-16-5-8-18(9-6-16)29(27,28)21(11-1-3-13-25,12-2-4-14-26)19-15-17(23)7-10-20(19)24/h5-10,15,25-26H,1-4,11-14H2. The lowest BCUT2D eigenvalue weighted by atomic mass is 9.87. The van der Waals surface area contributed by atoms with Gasteiger partial charge in [-0.05, 0) is 81.0 Å². The molecule has 0 spiro atoms. The third-order valence-corrected chi connectivity index (χ3v) is 7.84. The molecule has 0 bridgehead atoms. The van der Waals surface area contributed by atoms with Crippen molar-refractivity contribution < 1.29 is 27.4 Å². The SMILES string of the molecule is O=S(=O)(c1ccc(Cl)cc1)C(CCCCO)(CCCCO)c1cc(F)ccc1F. The van der Waals surface area contributed by atoms with Gasteiger partial charge >= 0.3 is 0 Å². The van der Waals surface area contributed by atoms with E-state index in [1.807, 2.05) is 0 Å². The summed E-state index contributed by atoms with van der Waals surface area (Å²) in [5.41, 5.74) is -0.233. The molecule has 0 radical (unpaired) electrons. The Kier molecular flexibility index (Phi) is 8.58. The summed E-state index contributed by atoms with van der Waals surface area (Å²) in [6, 6.07) is 8.37. The van der Waals surface area contributed by atoms with E-state index in [1.54, 1.807) is 0 Å². The molecule has 2 rings (SSSR count). The van der Waals surface area contributed by atoms with Gasteiger partial charge in [0.2, 0.25) is 0 Å². The quantitative estimate of drug-likeness (QED) is 0.494. The highest BCUT2D eigenvalue weighted by atomic mass is 35.5. The number of hydrogen-bond acceptors (Lipinski definition) is 4. The summed E-state index contributed by atoms with van der Waals surface area (Å²) in [4.78, 5) is -0.0430. The van der Waals surface area contributed by atoms with Crippen LogP contribution in [0.3, 0.4) is 0 Å². The molecule has 0 aliphatic rings. The summed E-state index contributed by atoms with van der Waals surface area (Å²) in [6.45, 7) is -0.279. The highest BCUT2D eigenvalue weighted by Gasteiger charge is 2.47. The Morgan fingerprint density at radius 2 is 1.41 bits per heavy atom. The average Bonchev–Trinajstić information content (AvgIpc) is 2.69. The van der Waals surface area contributed by atoms with Gasteiger partial charge in [0.25, 0.3) is 0 Å². The van der Waals surface area contributed by atoms with E-state index in [9.17, 15) is 17.2 Å². The molecule has 2 N–H and O–H groups in total. The minimum absolute atomic E-state index is 0.00429. The lowest BCUT2D eigenvalue weighted by Crippen LogP contribution is -2.37. The van der Waals surface area contributed by atoms with E-state index in [1.165, 1.54) is 24.3 Å². The summed E-state index contributed by atoms with van der Waals surface area (Å²) in [5, 5.41) is 18.7. The van der Waals surface area contributed by atoms with Crippen LogP contribution >= 0.6 is 11.6 Å². The Labute approximate surface area is 175 Å². The van der Waals surface area contributed by atoms with Gasteiger partial charge in [0.15, 0.2) is 9.84 Å². The van der Waals surface area contributed by atoms with Crippen molar-refractivity contribution in [3.05, 3.63) is 64.7 Å². The number of halogens is 3. The molecule has 4 nitrogen and oxygen atoms in total. The molecule has 0 saturated carbocycles. The van der Waals surface area contributed by atoms with Gasteiger partial charge in [0.1, 0.15) is 16.4 Å². The van der Waals surface area contributed by atoms with Crippen LogP contribution in [-0.4, -0.2) is 31.8 Å². The first-order chi connectivity index (χ1) is 13.8. The summed E-state index contributed by atoms with van der Waals surface area (Å²) in [7, 11) is -4.16. The molecule has 0 aliphatic carbocycles. The van der Waals surface area contributed by atoms with E-state index < -0.39 is 26.2 Å². The first-order valence-electron chi connectivity index (χ1n) is 9.46. The molecule has 0 amide bonds. The average molecular weight is 447 g/mol. The van der Waals surface area contributed by atoms with Gasteiger partial charge < -0.3 is 10.2 Å². The number of aliphatic hydroxyl groups is 2. The fourth-order valence-electron chi connectivity index (χ4n) is 3.54. The van der Waals surface area contributed by atoms with Crippen LogP contribution in [0.25, 0.3) is 0 Å². The van der Waals surface area contributed by atoms with Crippen LogP contribution < -0.4 is 0 Å². The molecule has 0 unspecified atom stereocenters. The normalized spacial score (nSPS) is 12.3. The van der Waals surface area contributed by atoms with Crippen molar-refractivity contribution in [2.24, 2.45) is 0 Å². The number of aliphatic hydroxyl groups excluding tert-OH is 2. The lowest BCUT2D eigenvalue weighted by molar-refractivity contribution is 0.269. The zero-order valence-corrected chi connectivity index (χ0v) is 17.5. The molecule has 0 saturated heterocycles. The Hall–Kier alpha value is -1.54. The van der Waals surface area contributed by atoms with Crippen LogP contribution in [0, 0.1) is 11.6 Å². The zero-order chi connectivity index (χ0) is 21.5. The Balaban J connectivity index is 2.71. The fraction of sp³-hybridized carbons (Fsp3) is 0.429. The van der Waals surface area contributed by atoms with Gasteiger partial charge in [-0.1, -0.05) is 11.6 Å². The predicted octanol–water partition coefficient (Wildman–Crippen LogP) is 4.61. The topological polar surface area (TPSA) is 74.6 Å². The van der Waals surface area contributed by atoms with Crippen LogP contribution in [0.15, 0.2) is 47.4 Å². The van der Waals surface area contributed by atoms with Gasteiger partial charge in [-0.2, -0.15) is 0 Å². The summed E-state index contributed by atoms with van der Waals surface area (Å²) in [5.74, 6) is -1.54. The Morgan fingerprint density at radius 3 is 1.93 bits per heavy atom. The largest absolute Gasteiger partial charge is 0.396 e. The van der Waals surface area contributed by atoms with Crippen molar-refractivity contribution in [3.63, 3.8) is 0 Å². The smallest absolute Gasteiger partial charge is 0.188 e. The van der Waals surface area contributed by atoms with E-state index in [0.29, 0.717) is 30.7 Å². The molecule has 0 aliphatic heterocycles. The summed E-state index contributed by atoms with van der Waals surface area (Å²) >= 11 is 5.88. The van der Waals surface area contributed by atoms with E-state index in [4.69, 9.17) is 21.8 Å². The van der Waals surface area contributed by atoms with Crippen LogP contribution in [0.2, 0.25) is 5.02 Å².